The lowest BCUT2D eigenvalue weighted by Gasteiger charge is -2.35. The second-order valence-corrected chi connectivity index (χ2v) is 6.03. The van der Waals surface area contributed by atoms with E-state index in [4.69, 9.17) is 9.47 Å². The Kier molecular flexibility index (Phi) is 5.24. The van der Waals surface area contributed by atoms with Crippen molar-refractivity contribution in [1.82, 2.24) is 21.3 Å². The van der Waals surface area contributed by atoms with Crippen LogP contribution in [0, 0.1) is 0 Å². The standard InChI is InChI=1S/2C7H12N2O2/c2*10-7-4-11-6-1-2-8-3-5(6)9-7/h2*5-6,8H,1-4H2,(H,9,10). The van der Waals surface area contributed by atoms with E-state index in [1.165, 1.54) is 0 Å². The zero-order chi connectivity index (χ0) is 15.4. The minimum Gasteiger partial charge on any atom is -0.366 e. The van der Waals surface area contributed by atoms with Gasteiger partial charge in [0.05, 0.1) is 24.3 Å². The second-order valence-electron chi connectivity index (χ2n) is 6.03. The first-order chi connectivity index (χ1) is 10.7. The highest BCUT2D eigenvalue weighted by Crippen LogP contribution is 2.12. The van der Waals surface area contributed by atoms with Gasteiger partial charge in [-0.15, -0.1) is 0 Å². The summed E-state index contributed by atoms with van der Waals surface area (Å²) in [4.78, 5) is 21.7. The molecule has 0 radical (unpaired) electrons. The third kappa shape index (κ3) is 3.95. The minimum absolute atomic E-state index is 0.00921. The van der Waals surface area contributed by atoms with Crippen LogP contribution in [0.5, 0.6) is 0 Å². The Morgan fingerprint density at radius 2 is 1.23 bits per heavy atom. The number of morpholine rings is 2. The van der Waals surface area contributed by atoms with E-state index in [2.05, 4.69) is 21.3 Å². The molecule has 4 atom stereocenters. The Morgan fingerprint density at radius 3 is 1.68 bits per heavy atom. The maximum absolute atomic E-state index is 10.9. The SMILES string of the molecule is O=C1COC2CCNCC2N1.O=C1COC2CCNCC2N1. The van der Waals surface area contributed by atoms with E-state index < -0.39 is 0 Å². The van der Waals surface area contributed by atoms with Crippen LogP contribution in [0.1, 0.15) is 12.8 Å². The van der Waals surface area contributed by atoms with Gasteiger partial charge < -0.3 is 30.7 Å². The van der Waals surface area contributed by atoms with Gasteiger partial charge in [0.15, 0.2) is 0 Å². The summed E-state index contributed by atoms with van der Waals surface area (Å²) < 4.78 is 10.7. The van der Waals surface area contributed by atoms with E-state index in [1.807, 2.05) is 0 Å². The number of fused-ring (bicyclic) bond motifs is 2. The smallest absolute Gasteiger partial charge is 0.246 e. The average Bonchev–Trinajstić information content (AvgIpc) is 2.55. The highest BCUT2D eigenvalue weighted by atomic mass is 16.5. The van der Waals surface area contributed by atoms with Crippen LogP contribution in [0.3, 0.4) is 0 Å². The molecule has 4 rings (SSSR count). The molecule has 0 spiro atoms. The van der Waals surface area contributed by atoms with Crippen molar-refractivity contribution in [2.45, 2.75) is 37.1 Å². The fraction of sp³-hybridized carbons (Fsp3) is 0.857. The molecule has 0 aromatic carbocycles. The van der Waals surface area contributed by atoms with Crippen molar-refractivity contribution in [1.29, 1.82) is 0 Å². The monoisotopic (exact) mass is 312 g/mol. The summed E-state index contributed by atoms with van der Waals surface area (Å²) >= 11 is 0. The summed E-state index contributed by atoms with van der Waals surface area (Å²) in [6.07, 6.45) is 2.50. The molecule has 4 heterocycles. The van der Waals surface area contributed by atoms with E-state index >= 15 is 0 Å². The van der Waals surface area contributed by atoms with Crippen molar-refractivity contribution in [3.63, 3.8) is 0 Å². The summed E-state index contributed by atoms with van der Waals surface area (Å²) in [6.45, 7) is 4.16. The highest BCUT2D eigenvalue weighted by Gasteiger charge is 2.31. The van der Waals surface area contributed by atoms with Crippen molar-refractivity contribution in [2.24, 2.45) is 0 Å². The summed E-state index contributed by atoms with van der Waals surface area (Å²) in [7, 11) is 0. The van der Waals surface area contributed by atoms with Crippen LogP contribution in [-0.2, 0) is 19.1 Å². The molecule has 4 N–H and O–H groups in total. The number of hydrogen-bond donors (Lipinski definition) is 4. The van der Waals surface area contributed by atoms with Crippen LogP contribution < -0.4 is 21.3 Å². The van der Waals surface area contributed by atoms with Crippen molar-refractivity contribution < 1.29 is 19.1 Å². The molecule has 4 fully saturated rings. The van der Waals surface area contributed by atoms with Crippen LogP contribution in [0.4, 0.5) is 0 Å². The second kappa shape index (κ2) is 7.36. The highest BCUT2D eigenvalue weighted by molar-refractivity contribution is 5.78. The molecule has 8 heteroatoms. The molecule has 0 bridgehead atoms. The van der Waals surface area contributed by atoms with E-state index in [9.17, 15) is 9.59 Å². The van der Waals surface area contributed by atoms with Crippen LogP contribution >= 0.6 is 0 Å². The molecule has 4 aliphatic heterocycles. The molecule has 4 saturated heterocycles. The summed E-state index contributed by atoms with van der Waals surface area (Å²) in [5.41, 5.74) is 0. The number of carbonyl (C=O) groups excluding carboxylic acids is 2. The topological polar surface area (TPSA) is 101 Å². The summed E-state index contributed by atoms with van der Waals surface area (Å²) in [6, 6.07) is 0.398. The molecule has 2 amide bonds. The molecular formula is C14H24N4O4. The van der Waals surface area contributed by atoms with Crippen molar-refractivity contribution in [3.8, 4) is 0 Å². The summed E-state index contributed by atoms with van der Waals surface area (Å²) in [5, 5.41) is 12.2. The Labute approximate surface area is 129 Å². The van der Waals surface area contributed by atoms with Crippen molar-refractivity contribution in [2.75, 3.05) is 39.4 Å². The molecule has 0 saturated carbocycles. The predicted octanol–water partition coefficient (Wildman–Crippen LogP) is -2.27. The van der Waals surface area contributed by atoms with Crippen LogP contribution in [0.2, 0.25) is 0 Å². The van der Waals surface area contributed by atoms with Gasteiger partial charge in [0.2, 0.25) is 11.8 Å². The van der Waals surface area contributed by atoms with Gasteiger partial charge in [0, 0.05) is 13.1 Å². The zero-order valence-corrected chi connectivity index (χ0v) is 12.6. The Hall–Kier alpha value is -1.22. The van der Waals surface area contributed by atoms with Gasteiger partial charge in [-0.05, 0) is 25.9 Å². The molecule has 0 aliphatic carbocycles. The van der Waals surface area contributed by atoms with Gasteiger partial charge in [-0.1, -0.05) is 0 Å². The van der Waals surface area contributed by atoms with Gasteiger partial charge in [0.25, 0.3) is 0 Å². The van der Waals surface area contributed by atoms with Crippen molar-refractivity contribution in [3.05, 3.63) is 0 Å². The van der Waals surface area contributed by atoms with E-state index in [-0.39, 0.29) is 49.3 Å². The van der Waals surface area contributed by atoms with Gasteiger partial charge in [0.1, 0.15) is 13.2 Å². The summed E-state index contributed by atoms with van der Waals surface area (Å²) in [5.74, 6) is 0.0184. The number of nitrogens with one attached hydrogen (secondary N) is 4. The minimum atomic E-state index is 0.00921. The molecule has 8 nitrogen and oxygen atoms in total. The fourth-order valence-electron chi connectivity index (χ4n) is 3.22. The average molecular weight is 312 g/mol. The van der Waals surface area contributed by atoms with Gasteiger partial charge in [-0.25, -0.2) is 0 Å². The van der Waals surface area contributed by atoms with Gasteiger partial charge >= 0.3 is 0 Å². The number of rotatable bonds is 0. The van der Waals surface area contributed by atoms with E-state index in [1.54, 1.807) is 0 Å². The number of carbonyl (C=O) groups is 2. The maximum Gasteiger partial charge on any atom is 0.246 e. The first kappa shape index (κ1) is 15.7. The quantitative estimate of drug-likeness (QED) is 0.402. The molecule has 0 aromatic rings. The van der Waals surface area contributed by atoms with E-state index in [0.717, 1.165) is 39.0 Å². The molecule has 4 aliphatic rings. The third-order valence-corrected chi connectivity index (χ3v) is 4.39. The number of ether oxygens (including phenoxy) is 2. The zero-order valence-electron chi connectivity index (χ0n) is 12.6. The number of piperidine rings is 2. The van der Waals surface area contributed by atoms with E-state index in [0.29, 0.717) is 0 Å². The molecule has 4 unspecified atom stereocenters. The van der Waals surface area contributed by atoms with Crippen LogP contribution in [0.15, 0.2) is 0 Å². The van der Waals surface area contributed by atoms with Crippen LogP contribution in [0.25, 0.3) is 0 Å². The Balaban J connectivity index is 0.000000131. The molecule has 0 aromatic heterocycles. The third-order valence-electron chi connectivity index (χ3n) is 4.39. The Bertz CT molecular complexity index is 382. The lowest BCUT2D eigenvalue weighted by atomic mass is 10.0. The largest absolute Gasteiger partial charge is 0.366 e. The molecular weight excluding hydrogens is 288 g/mol. The number of amides is 2. The fourth-order valence-corrected chi connectivity index (χ4v) is 3.22. The predicted molar refractivity (Wildman–Crippen MR) is 78.3 cm³/mol. The lowest BCUT2D eigenvalue weighted by molar-refractivity contribution is -0.138. The molecule has 22 heavy (non-hydrogen) atoms. The first-order valence-electron chi connectivity index (χ1n) is 7.96. The number of hydrogen-bond acceptors (Lipinski definition) is 6. The van der Waals surface area contributed by atoms with Crippen LogP contribution in [-0.4, -0.2) is 75.5 Å². The van der Waals surface area contributed by atoms with Gasteiger partial charge in [-0.3, -0.25) is 9.59 Å². The van der Waals surface area contributed by atoms with Gasteiger partial charge in [-0.2, -0.15) is 0 Å². The maximum atomic E-state index is 10.9. The lowest BCUT2D eigenvalue weighted by Crippen LogP contribution is -2.59. The first-order valence-corrected chi connectivity index (χ1v) is 7.96. The van der Waals surface area contributed by atoms with Crippen molar-refractivity contribution >= 4 is 11.8 Å². The Morgan fingerprint density at radius 1 is 0.773 bits per heavy atom. The normalized spacial score (nSPS) is 37.6. The molecule has 124 valence electrons.